The summed E-state index contributed by atoms with van der Waals surface area (Å²) in [6, 6.07) is 5.74. The highest BCUT2D eigenvalue weighted by molar-refractivity contribution is 9.10. The molecule has 0 unspecified atom stereocenters. The standard InChI is InChI=1S/C8H8BrNO/c1-6-2-3-7(9)4-8(6)10-5-11/h2-5H,1H3,(H,10,11). The Morgan fingerprint density at radius 3 is 2.91 bits per heavy atom. The Bertz CT molecular complexity index is 273. The Kier molecular flexibility index (Phi) is 2.65. The van der Waals surface area contributed by atoms with Crippen molar-refractivity contribution in [3.05, 3.63) is 28.2 Å². The van der Waals surface area contributed by atoms with Gasteiger partial charge in [0.25, 0.3) is 0 Å². The molecule has 0 aliphatic rings. The van der Waals surface area contributed by atoms with Gasteiger partial charge in [-0.3, -0.25) is 4.79 Å². The third-order valence-corrected chi connectivity index (χ3v) is 1.91. The molecule has 0 bridgehead atoms. The fourth-order valence-corrected chi connectivity index (χ4v) is 1.17. The van der Waals surface area contributed by atoms with Crippen molar-refractivity contribution >= 4 is 28.0 Å². The average molecular weight is 214 g/mol. The highest BCUT2D eigenvalue weighted by Gasteiger charge is 1.95. The number of amides is 1. The molecule has 0 aliphatic carbocycles. The van der Waals surface area contributed by atoms with E-state index in [1.54, 1.807) is 0 Å². The molecule has 0 fully saturated rings. The lowest BCUT2D eigenvalue weighted by molar-refractivity contribution is -0.105. The van der Waals surface area contributed by atoms with E-state index in [1.165, 1.54) is 0 Å². The number of aryl methyl sites for hydroxylation is 1. The molecule has 0 aliphatic heterocycles. The van der Waals surface area contributed by atoms with Gasteiger partial charge >= 0.3 is 0 Å². The van der Waals surface area contributed by atoms with Crippen molar-refractivity contribution in [2.24, 2.45) is 0 Å². The molecule has 11 heavy (non-hydrogen) atoms. The molecule has 1 amide bonds. The molecular weight excluding hydrogens is 206 g/mol. The SMILES string of the molecule is Cc1ccc(Br)cc1NC=O. The van der Waals surface area contributed by atoms with Crippen LogP contribution in [0.3, 0.4) is 0 Å². The van der Waals surface area contributed by atoms with E-state index < -0.39 is 0 Å². The van der Waals surface area contributed by atoms with Gasteiger partial charge in [0.15, 0.2) is 0 Å². The predicted octanol–water partition coefficient (Wildman–Crippen LogP) is 2.33. The maximum atomic E-state index is 10.1. The van der Waals surface area contributed by atoms with Gasteiger partial charge in [-0.15, -0.1) is 0 Å². The minimum absolute atomic E-state index is 0.675. The van der Waals surface area contributed by atoms with E-state index in [9.17, 15) is 4.79 Å². The van der Waals surface area contributed by atoms with Crippen LogP contribution in [-0.4, -0.2) is 6.41 Å². The Morgan fingerprint density at radius 2 is 2.27 bits per heavy atom. The summed E-state index contributed by atoms with van der Waals surface area (Å²) in [5.41, 5.74) is 1.90. The fourth-order valence-electron chi connectivity index (χ4n) is 0.813. The summed E-state index contributed by atoms with van der Waals surface area (Å²) in [5, 5.41) is 2.61. The van der Waals surface area contributed by atoms with Crippen molar-refractivity contribution in [3.8, 4) is 0 Å². The number of rotatable bonds is 2. The second kappa shape index (κ2) is 3.53. The Balaban J connectivity index is 3.01. The molecule has 1 aromatic rings. The summed E-state index contributed by atoms with van der Waals surface area (Å²) in [7, 11) is 0. The summed E-state index contributed by atoms with van der Waals surface area (Å²) >= 11 is 3.31. The van der Waals surface area contributed by atoms with E-state index in [-0.39, 0.29) is 0 Å². The van der Waals surface area contributed by atoms with Crippen LogP contribution >= 0.6 is 15.9 Å². The molecule has 0 atom stereocenters. The van der Waals surface area contributed by atoms with Gasteiger partial charge in [-0.25, -0.2) is 0 Å². The average Bonchev–Trinajstić information content (AvgIpc) is 1.98. The molecule has 0 saturated heterocycles. The molecule has 58 valence electrons. The summed E-state index contributed by atoms with van der Waals surface area (Å²) in [4.78, 5) is 10.1. The molecule has 0 heterocycles. The number of halogens is 1. The first-order valence-electron chi connectivity index (χ1n) is 3.20. The first kappa shape index (κ1) is 8.27. The van der Waals surface area contributed by atoms with E-state index in [4.69, 9.17) is 0 Å². The topological polar surface area (TPSA) is 29.1 Å². The molecule has 1 aromatic carbocycles. The maximum Gasteiger partial charge on any atom is 0.211 e. The molecule has 0 aromatic heterocycles. The minimum Gasteiger partial charge on any atom is -0.328 e. The van der Waals surface area contributed by atoms with Crippen molar-refractivity contribution in [1.29, 1.82) is 0 Å². The Labute approximate surface area is 73.7 Å². The predicted molar refractivity (Wildman–Crippen MR) is 48.6 cm³/mol. The molecular formula is C8H8BrNO. The lowest BCUT2D eigenvalue weighted by Crippen LogP contribution is -1.95. The van der Waals surface area contributed by atoms with Gasteiger partial charge in [-0.2, -0.15) is 0 Å². The van der Waals surface area contributed by atoms with Crippen molar-refractivity contribution < 1.29 is 4.79 Å². The number of nitrogens with one attached hydrogen (secondary N) is 1. The molecule has 1 N–H and O–H groups in total. The summed E-state index contributed by atoms with van der Waals surface area (Å²) < 4.78 is 0.965. The monoisotopic (exact) mass is 213 g/mol. The zero-order chi connectivity index (χ0) is 8.27. The molecule has 0 spiro atoms. The quantitative estimate of drug-likeness (QED) is 0.752. The highest BCUT2D eigenvalue weighted by atomic mass is 79.9. The zero-order valence-corrected chi connectivity index (χ0v) is 7.68. The number of benzene rings is 1. The van der Waals surface area contributed by atoms with Crippen LogP contribution in [0.2, 0.25) is 0 Å². The van der Waals surface area contributed by atoms with Gasteiger partial charge in [-0.1, -0.05) is 22.0 Å². The summed E-state index contributed by atoms with van der Waals surface area (Å²) in [6.07, 6.45) is 0.675. The largest absolute Gasteiger partial charge is 0.328 e. The van der Waals surface area contributed by atoms with E-state index in [1.807, 2.05) is 25.1 Å². The normalized spacial score (nSPS) is 9.27. The number of hydrogen-bond acceptors (Lipinski definition) is 1. The van der Waals surface area contributed by atoms with Gasteiger partial charge in [0.1, 0.15) is 0 Å². The number of anilines is 1. The number of carbonyl (C=O) groups is 1. The van der Waals surface area contributed by atoms with Crippen LogP contribution < -0.4 is 5.32 Å². The fraction of sp³-hybridized carbons (Fsp3) is 0.125. The highest BCUT2D eigenvalue weighted by Crippen LogP contribution is 2.19. The molecule has 0 radical (unpaired) electrons. The third-order valence-electron chi connectivity index (χ3n) is 1.41. The van der Waals surface area contributed by atoms with Crippen LogP contribution in [0.5, 0.6) is 0 Å². The van der Waals surface area contributed by atoms with E-state index in [2.05, 4.69) is 21.2 Å². The Hall–Kier alpha value is -0.830. The van der Waals surface area contributed by atoms with E-state index in [0.717, 1.165) is 15.7 Å². The van der Waals surface area contributed by atoms with Crippen molar-refractivity contribution in [3.63, 3.8) is 0 Å². The van der Waals surface area contributed by atoms with Gasteiger partial charge in [0, 0.05) is 10.2 Å². The van der Waals surface area contributed by atoms with Gasteiger partial charge in [0.05, 0.1) is 0 Å². The zero-order valence-electron chi connectivity index (χ0n) is 6.10. The maximum absolute atomic E-state index is 10.1. The van der Waals surface area contributed by atoms with Gasteiger partial charge in [-0.05, 0) is 24.6 Å². The first-order chi connectivity index (χ1) is 5.24. The molecule has 2 nitrogen and oxygen atoms in total. The van der Waals surface area contributed by atoms with Crippen LogP contribution in [0.1, 0.15) is 5.56 Å². The van der Waals surface area contributed by atoms with Gasteiger partial charge < -0.3 is 5.32 Å². The first-order valence-corrected chi connectivity index (χ1v) is 3.99. The summed E-state index contributed by atoms with van der Waals surface area (Å²) in [6.45, 7) is 1.94. The Morgan fingerprint density at radius 1 is 1.55 bits per heavy atom. The van der Waals surface area contributed by atoms with E-state index >= 15 is 0 Å². The van der Waals surface area contributed by atoms with Gasteiger partial charge in [0.2, 0.25) is 6.41 Å². The number of hydrogen-bond donors (Lipinski definition) is 1. The van der Waals surface area contributed by atoms with Crippen molar-refractivity contribution in [1.82, 2.24) is 0 Å². The summed E-state index contributed by atoms with van der Waals surface area (Å²) in [5.74, 6) is 0. The second-order valence-corrected chi connectivity index (χ2v) is 3.14. The van der Waals surface area contributed by atoms with E-state index in [0.29, 0.717) is 6.41 Å². The molecule has 3 heteroatoms. The van der Waals surface area contributed by atoms with Crippen molar-refractivity contribution in [2.45, 2.75) is 6.92 Å². The minimum atomic E-state index is 0.675. The lowest BCUT2D eigenvalue weighted by atomic mass is 10.2. The third kappa shape index (κ3) is 2.05. The smallest absolute Gasteiger partial charge is 0.211 e. The van der Waals surface area contributed by atoms with Crippen molar-refractivity contribution in [2.75, 3.05) is 5.32 Å². The lowest BCUT2D eigenvalue weighted by Gasteiger charge is -2.02. The van der Waals surface area contributed by atoms with Crippen LogP contribution in [0.25, 0.3) is 0 Å². The second-order valence-electron chi connectivity index (χ2n) is 2.22. The van der Waals surface area contributed by atoms with Crippen LogP contribution in [0.15, 0.2) is 22.7 Å². The number of carbonyl (C=O) groups excluding carboxylic acids is 1. The molecule has 1 rings (SSSR count). The van der Waals surface area contributed by atoms with Crippen LogP contribution in [-0.2, 0) is 4.79 Å². The molecule has 0 saturated carbocycles. The van der Waals surface area contributed by atoms with Crippen LogP contribution in [0.4, 0.5) is 5.69 Å². The van der Waals surface area contributed by atoms with Crippen LogP contribution in [0, 0.1) is 6.92 Å².